The van der Waals surface area contributed by atoms with Gasteiger partial charge in [0.25, 0.3) is 10.0 Å². The molecular weight excluding hydrogens is 380 g/mol. The van der Waals surface area contributed by atoms with Crippen molar-refractivity contribution in [3.8, 4) is 0 Å². The third kappa shape index (κ3) is 3.55. The van der Waals surface area contributed by atoms with Crippen LogP contribution in [0.5, 0.6) is 0 Å². The number of halogens is 1. The molecule has 6 nitrogen and oxygen atoms in total. The van der Waals surface area contributed by atoms with E-state index in [1.807, 2.05) is 0 Å². The van der Waals surface area contributed by atoms with Crippen LogP contribution in [0.15, 0.2) is 39.0 Å². The number of methoxy groups -OCH3 is 1. The van der Waals surface area contributed by atoms with Crippen LogP contribution in [-0.4, -0.2) is 21.5 Å². The molecule has 0 unspecified atom stereocenters. The van der Waals surface area contributed by atoms with Gasteiger partial charge in [-0.25, -0.2) is 13.2 Å². The number of hydrogen-bond donors (Lipinski definition) is 2. The van der Waals surface area contributed by atoms with Gasteiger partial charge in [0.05, 0.1) is 16.6 Å². The van der Waals surface area contributed by atoms with Gasteiger partial charge in [-0.1, -0.05) is 6.07 Å². The largest absolute Gasteiger partial charge is 0.465 e. The van der Waals surface area contributed by atoms with Crippen LogP contribution in [0.3, 0.4) is 0 Å². The Balaban J connectivity index is 2.36. The maximum Gasteiger partial charge on any atom is 0.348 e. The van der Waals surface area contributed by atoms with E-state index in [-0.39, 0.29) is 9.77 Å². The van der Waals surface area contributed by atoms with Crippen molar-refractivity contribution in [1.29, 1.82) is 0 Å². The van der Waals surface area contributed by atoms with Crippen molar-refractivity contribution in [2.75, 3.05) is 17.6 Å². The van der Waals surface area contributed by atoms with Crippen molar-refractivity contribution in [3.63, 3.8) is 0 Å². The molecule has 3 N–H and O–H groups in total. The summed E-state index contributed by atoms with van der Waals surface area (Å²) in [6.45, 7) is 0. The number of benzene rings is 1. The Bertz CT molecular complexity index is 786. The highest BCUT2D eigenvalue weighted by molar-refractivity contribution is 9.11. The number of nitrogen functional groups attached to an aromatic ring is 1. The minimum atomic E-state index is -3.83. The summed E-state index contributed by atoms with van der Waals surface area (Å²) in [5.74, 6) is -0.592. The molecule has 2 aromatic rings. The predicted octanol–water partition coefficient (Wildman–Crippen LogP) is 2.68. The van der Waals surface area contributed by atoms with Gasteiger partial charge in [0.1, 0.15) is 9.77 Å². The molecule has 112 valence electrons. The third-order valence-electron chi connectivity index (χ3n) is 2.47. The molecule has 9 heteroatoms. The monoisotopic (exact) mass is 390 g/mol. The average molecular weight is 391 g/mol. The van der Waals surface area contributed by atoms with Crippen molar-refractivity contribution in [1.82, 2.24) is 0 Å². The molecule has 1 aromatic heterocycles. The van der Waals surface area contributed by atoms with E-state index in [1.54, 1.807) is 18.2 Å². The summed E-state index contributed by atoms with van der Waals surface area (Å²) in [6.07, 6.45) is 0. The highest BCUT2D eigenvalue weighted by atomic mass is 79.9. The fraction of sp³-hybridized carbons (Fsp3) is 0.0833. The maximum atomic E-state index is 12.3. The molecule has 1 heterocycles. The molecule has 0 saturated carbocycles. The Labute approximate surface area is 134 Å². The lowest BCUT2D eigenvalue weighted by atomic mass is 10.3. The van der Waals surface area contributed by atoms with Gasteiger partial charge in [-0.15, -0.1) is 11.3 Å². The SMILES string of the molecule is COC(=O)c1cc(S(=O)(=O)Nc2cccc(N)c2)c(Br)s1. The quantitative estimate of drug-likeness (QED) is 0.617. The molecule has 0 spiro atoms. The molecule has 0 amide bonds. The number of ether oxygens (including phenoxy) is 1. The molecule has 2 rings (SSSR count). The average Bonchev–Trinajstić information content (AvgIpc) is 2.80. The Morgan fingerprint density at radius 1 is 1.38 bits per heavy atom. The molecule has 0 fully saturated rings. The lowest BCUT2D eigenvalue weighted by molar-refractivity contribution is 0.0606. The van der Waals surface area contributed by atoms with Gasteiger partial charge in [0.2, 0.25) is 0 Å². The van der Waals surface area contributed by atoms with Crippen LogP contribution >= 0.6 is 27.3 Å². The van der Waals surface area contributed by atoms with Crippen LogP contribution < -0.4 is 10.5 Å². The topological polar surface area (TPSA) is 98.5 Å². The van der Waals surface area contributed by atoms with Gasteiger partial charge in [0.15, 0.2) is 0 Å². The Morgan fingerprint density at radius 2 is 2.10 bits per heavy atom. The summed E-state index contributed by atoms with van der Waals surface area (Å²) in [5, 5.41) is 0. The van der Waals surface area contributed by atoms with Crippen LogP contribution in [-0.2, 0) is 14.8 Å². The lowest BCUT2D eigenvalue weighted by Gasteiger charge is -2.07. The van der Waals surface area contributed by atoms with Crippen molar-refractivity contribution < 1.29 is 17.9 Å². The van der Waals surface area contributed by atoms with E-state index >= 15 is 0 Å². The number of rotatable bonds is 4. The van der Waals surface area contributed by atoms with Gasteiger partial charge >= 0.3 is 5.97 Å². The van der Waals surface area contributed by atoms with Gasteiger partial charge in [-0.2, -0.15) is 0 Å². The molecule has 1 aromatic carbocycles. The highest BCUT2D eigenvalue weighted by Gasteiger charge is 2.23. The standard InChI is InChI=1S/C12H11BrN2O4S2/c1-19-12(16)9-6-10(11(13)20-9)21(17,18)15-8-4-2-3-7(14)5-8/h2-6,15H,14H2,1H3. The van der Waals surface area contributed by atoms with Gasteiger partial charge in [-0.05, 0) is 40.2 Å². The van der Waals surface area contributed by atoms with Gasteiger partial charge in [0, 0.05) is 5.69 Å². The molecule has 0 bridgehead atoms. The zero-order chi connectivity index (χ0) is 15.6. The summed E-state index contributed by atoms with van der Waals surface area (Å²) in [4.78, 5) is 11.6. The summed E-state index contributed by atoms with van der Waals surface area (Å²) < 4.78 is 32.0. The number of thiophene rings is 1. The number of sulfonamides is 1. The van der Waals surface area contributed by atoms with Crippen LogP contribution in [0.2, 0.25) is 0 Å². The molecule has 21 heavy (non-hydrogen) atoms. The van der Waals surface area contributed by atoms with Gasteiger partial charge in [-0.3, -0.25) is 4.72 Å². The number of esters is 1. The number of nitrogens with one attached hydrogen (secondary N) is 1. The number of carbonyl (C=O) groups excluding carboxylic acids is 1. The van der Waals surface area contributed by atoms with Crippen LogP contribution in [0.1, 0.15) is 9.67 Å². The molecule has 0 aliphatic rings. The van der Waals surface area contributed by atoms with Crippen molar-refractivity contribution >= 4 is 54.6 Å². The van der Waals surface area contributed by atoms with E-state index in [2.05, 4.69) is 25.4 Å². The molecular formula is C12H11BrN2O4S2. The Morgan fingerprint density at radius 3 is 2.71 bits per heavy atom. The molecule has 0 atom stereocenters. The minimum Gasteiger partial charge on any atom is -0.465 e. The molecule has 0 aliphatic heterocycles. The van der Waals surface area contributed by atoms with E-state index in [4.69, 9.17) is 5.73 Å². The first kappa shape index (κ1) is 15.8. The van der Waals surface area contributed by atoms with Crippen molar-refractivity contribution in [2.45, 2.75) is 4.90 Å². The van der Waals surface area contributed by atoms with Crippen LogP contribution in [0.4, 0.5) is 11.4 Å². The van der Waals surface area contributed by atoms with Crippen LogP contribution in [0, 0.1) is 0 Å². The first-order valence-corrected chi connectivity index (χ1v) is 8.69. The zero-order valence-electron chi connectivity index (χ0n) is 10.8. The Hall–Kier alpha value is -1.58. The minimum absolute atomic E-state index is 0.0321. The van der Waals surface area contributed by atoms with E-state index in [0.29, 0.717) is 15.2 Å². The third-order valence-corrected chi connectivity index (χ3v) is 6.08. The summed E-state index contributed by atoms with van der Waals surface area (Å²) in [6, 6.07) is 7.62. The first-order valence-electron chi connectivity index (χ1n) is 5.59. The second kappa shape index (κ2) is 6.04. The fourth-order valence-electron chi connectivity index (χ4n) is 1.55. The first-order chi connectivity index (χ1) is 9.83. The number of anilines is 2. The normalized spacial score (nSPS) is 11.1. The fourth-order valence-corrected chi connectivity index (χ4v) is 5.08. The van der Waals surface area contributed by atoms with E-state index in [0.717, 1.165) is 11.3 Å². The summed E-state index contributed by atoms with van der Waals surface area (Å²) in [7, 11) is -2.60. The van der Waals surface area contributed by atoms with E-state index in [1.165, 1.54) is 19.2 Å². The predicted molar refractivity (Wildman–Crippen MR) is 85.0 cm³/mol. The van der Waals surface area contributed by atoms with Gasteiger partial charge < -0.3 is 10.5 Å². The lowest BCUT2D eigenvalue weighted by Crippen LogP contribution is -2.12. The molecule has 0 saturated heterocycles. The van der Waals surface area contributed by atoms with Crippen LogP contribution in [0.25, 0.3) is 0 Å². The number of nitrogens with two attached hydrogens (primary N) is 1. The second-order valence-electron chi connectivity index (χ2n) is 3.97. The maximum absolute atomic E-state index is 12.3. The van der Waals surface area contributed by atoms with E-state index < -0.39 is 16.0 Å². The summed E-state index contributed by atoms with van der Waals surface area (Å²) >= 11 is 4.13. The number of hydrogen-bond acceptors (Lipinski definition) is 6. The van der Waals surface area contributed by atoms with Crippen molar-refractivity contribution in [2.24, 2.45) is 0 Å². The second-order valence-corrected chi connectivity index (χ2v) is 7.99. The zero-order valence-corrected chi connectivity index (χ0v) is 14.0. The smallest absolute Gasteiger partial charge is 0.348 e. The summed E-state index contributed by atoms with van der Waals surface area (Å²) in [5.41, 5.74) is 6.38. The number of carbonyl (C=O) groups is 1. The molecule has 0 aliphatic carbocycles. The Kier molecular flexibility index (Phi) is 4.55. The van der Waals surface area contributed by atoms with Crippen molar-refractivity contribution in [3.05, 3.63) is 39.0 Å². The highest BCUT2D eigenvalue weighted by Crippen LogP contribution is 2.33. The van der Waals surface area contributed by atoms with E-state index in [9.17, 15) is 13.2 Å². The molecule has 0 radical (unpaired) electrons.